The molecule has 19 heavy (non-hydrogen) atoms. The molecule has 2 N–H and O–H groups in total. The molecule has 0 saturated heterocycles. The molecule has 0 atom stereocenters. The summed E-state index contributed by atoms with van der Waals surface area (Å²) < 4.78 is 36.2. The molecule has 0 unspecified atom stereocenters. The van der Waals surface area contributed by atoms with Gasteiger partial charge in [-0.3, -0.25) is 0 Å². The van der Waals surface area contributed by atoms with Gasteiger partial charge < -0.3 is 0 Å². The van der Waals surface area contributed by atoms with Gasteiger partial charge in [-0.1, -0.05) is 24.3 Å². The molecule has 0 aliphatic carbocycles. The molecule has 0 saturated carbocycles. The van der Waals surface area contributed by atoms with Crippen LogP contribution in [0.1, 0.15) is 11.1 Å². The van der Waals surface area contributed by atoms with E-state index in [4.69, 9.17) is 5.14 Å². The Labute approximate surface area is 111 Å². The lowest BCUT2D eigenvalue weighted by Gasteiger charge is -2.07. The maximum Gasteiger partial charge on any atom is 0.255 e. The number of sulfonamides is 1. The Kier molecular flexibility index (Phi) is 3.92. The van der Waals surface area contributed by atoms with Gasteiger partial charge in [0.05, 0.1) is 0 Å². The number of benzene rings is 1. The maximum absolute atomic E-state index is 13.5. The first-order valence-electron chi connectivity index (χ1n) is 5.68. The summed E-state index contributed by atoms with van der Waals surface area (Å²) in [6.45, 7) is 0. The molecule has 0 fully saturated rings. The molecular weight excluding hydrogens is 267 g/mol. The number of halogens is 1. The minimum atomic E-state index is -3.85. The van der Waals surface area contributed by atoms with Gasteiger partial charge in [0, 0.05) is 6.20 Å². The maximum atomic E-state index is 13.5. The lowest BCUT2D eigenvalue weighted by molar-refractivity contribution is 0.591. The molecule has 0 spiro atoms. The van der Waals surface area contributed by atoms with Gasteiger partial charge in [0.1, 0.15) is 5.82 Å². The molecule has 1 heterocycles. The van der Waals surface area contributed by atoms with Crippen molar-refractivity contribution in [3.8, 4) is 0 Å². The fraction of sp³-hybridized carbons (Fsp3) is 0.154. The molecule has 2 aromatic rings. The third kappa shape index (κ3) is 3.36. The van der Waals surface area contributed by atoms with Gasteiger partial charge in [-0.25, -0.2) is 22.9 Å². The Hall–Kier alpha value is -1.79. The Morgan fingerprint density at radius 2 is 1.68 bits per heavy atom. The molecule has 0 aliphatic heterocycles. The van der Waals surface area contributed by atoms with Crippen LogP contribution in [0.5, 0.6) is 0 Å². The first-order valence-corrected chi connectivity index (χ1v) is 7.23. The number of nitrogens with zero attached hydrogens (tertiary/aromatic N) is 1. The van der Waals surface area contributed by atoms with Gasteiger partial charge in [-0.15, -0.1) is 0 Å². The van der Waals surface area contributed by atoms with Crippen molar-refractivity contribution in [1.29, 1.82) is 0 Å². The second kappa shape index (κ2) is 5.46. The summed E-state index contributed by atoms with van der Waals surface area (Å²) in [5.74, 6) is -0.302. The quantitative estimate of drug-likeness (QED) is 0.925. The molecule has 4 nitrogen and oxygen atoms in total. The Balaban J connectivity index is 2.24. The summed E-state index contributed by atoms with van der Waals surface area (Å²) in [5, 5.41) is 4.95. The Morgan fingerprint density at radius 3 is 2.37 bits per heavy atom. The van der Waals surface area contributed by atoms with Crippen molar-refractivity contribution in [1.82, 2.24) is 4.98 Å². The van der Waals surface area contributed by atoms with Crippen molar-refractivity contribution in [3.05, 3.63) is 59.5 Å². The predicted molar refractivity (Wildman–Crippen MR) is 69.4 cm³/mol. The van der Waals surface area contributed by atoms with E-state index in [1.165, 1.54) is 12.3 Å². The summed E-state index contributed by atoms with van der Waals surface area (Å²) in [4.78, 5) is 3.78. The highest BCUT2D eigenvalue weighted by Crippen LogP contribution is 2.15. The van der Waals surface area contributed by atoms with Crippen molar-refractivity contribution in [2.75, 3.05) is 0 Å². The number of hydrogen-bond donors (Lipinski definition) is 1. The van der Waals surface area contributed by atoms with Gasteiger partial charge >= 0.3 is 0 Å². The summed E-state index contributed by atoms with van der Waals surface area (Å²) in [7, 11) is -3.85. The number of hydrogen-bond acceptors (Lipinski definition) is 3. The van der Waals surface area contributed by atoms with E-state index in [2.05, 4.69) is 4.98 Å². The third-order valence-corrected chi connectivity index (χ3v) is 3.65. The van der Waals surface area contributed by atoms with Gasteiger partial charge in [0.25, 0.3) is 10.0 Å². The standard InChI is InChI=1S/C13H13FN2O2S/c14-12-6-2-1-4-10(12)7-8-11-5-3-9-16-13(11)19(15,17)18/h1-6,9H,7-8H2,(H2,15,17,18). The number of pyridine rings is 1. The van der Waals surface area contributed by atoms with Gasteiger partial charge in [0.15, 0.2) is 5.03 Å². The van der Waals surface area contributed by atoms with Crippen molar-refractivity contribution in [2.45, 2.75) is 17.9 Å². The zero-order chi connectivity index (χ0) is 13.9. The first kappa shape index (κ1) is 13.6. The zero-order valence-electron chi connectivity index (χ0n) is 10.1. The number of nitrogens with two attached hydrogens (primary N) is 1. The predicted octanol–water partition coefficient (Wildman–Crippen LogP) is 1.65. The molecule has 1 aromatic carbocycles. The van der Waals surface area contributed by atoms with Crippen LogP contribution in [0.3, 0.4) is 0 Å². The van der Waals surface area contributed by atoms with Crippen molar-refractivity contribution in [2.24, 2.45) is 5.14 Å². The van der Waals surface area contributed by atoms with E-state index in [1.54, 1.807) is 30.3 Å². The van der Waals surface area contributed by atoms with Gasteiger partial charge in [0.2, 0.25) is 0 Å². The fourth-order valence-corrected chi connectivity index (χ4v) is 2.58. The minimum absolute atomic E-state index is 0.147. The largest absolute Gasteiger partial charge is 0.255 e. The van der Waals surface area contributed by atoms with Gasteiger partial charge in [-0.2, -0.15) is 0 Å². The number of primary sulfonamides is 1. The molecule has 0 radical (unpaired) electrons. The minimum Gasteiger partial charge on any atom is -0.243 e. The summed E-state index contributed by atoms with van der Waals surface area (Å²) in [6, 6.07) is 9.65. The van der Waals surface area contributed by atoms with E-state index in [0.29, 0.717) is 24.0 Å². The SMILES string of the molecule is NS(=O)(=O)c1ncccc1CCc1ccccc1F. The van der Waals surface area contributed by atoms with Crippen molar-refractivity contribution < 1.29 is 12.8 Å². The molecule has 0 bridgehead atoms. The molecule has 1 aromatic heterocycles. The van der Waals surface area contributed by atoms with Crippen LogP contribution in [-0.2, 0) is 22.9 Å². The van der Waals surface area contributed by atoms with Crippen LogP contribution in [0.15, 0.2) is 47.6 Å². The summed E-state index contributed by atoms with van der Waals surface area (Å²) >= 11 is 0. The van der Waals surface area contributed by atoms with E-state index in [9.17, 15) is 12.8 Å². The van der Waals surface area contributed by atoms with E-state index < -0.39 is 10.0 Å². The molecule has 0 aliphatic rings. The van der Waals surface area contributed by atoms with E-state index >= 15 is 0 Å². The Bertz CT molecular complexity index is 687. The highest BCUT2D eigenvalue weighted by atomic mass is 32.2. The van der Waals surface area contributed by atoms with Crippen LogP contribution in [0.25, 0.3) is 0 Å². The second-order valence-electron chi connectivity index (χ2n) is 4.10. The molecule has 100 valence electrons. The van der Waals surface area contributed by atoms with Crippen LogP contribution in [0, 0.1) is 5.82 Å². The average molecular weight is 280 g/mol. The number of rotatable bonds is 4. The van der Waals surface area contributed by atoms with Crippen LogP contribution >= 0.6 is 0 Å². The van der Waals surface area contributed by atoms with Crippen molar-refractivity contribution >= 4 is 10.0 Å². The monoisotopic (exact) mass is 280 g/mol. The second-order valence-corrected chi connectivity index (χ2v) is 5.58. The zero-order valence-corrected chi connectivity index (χ0v) is 10.9. The first-order chi connectivity index (χ1) is 8.98. The molecule has 2 rings (SSSR count). The molecule has 0 amide bonds. The Morgan fingerprint density at radius 1 is 1.05 bits per heavy atom. The summed E-state index contributed by atoms with van der Waals surface area (Å²) in [5.41, 5.74) is 1.03. The average Bonchev–Trinajstić information content (AvgIpc) is 2.37. The smallest absolute Gasteiger partial charge is 0.243 e. The van der Waals surface area contributed by atoms with Gasteiger partial charge in [-0.05, 0) is 36.1 Å². The van der Waals surface area contributed by atoms with E-state index in [1.807, 2.05) is 0 Å². The highest BCUT2D eigenvalue weighted by molar-refractivity contribution is 7.89. The van der Waals surface area contributed by atoms with E-state index in [0.717, 1.165) is 0 Å². The number of aromatic nitrogens is 1. The topological polar surface area (TPSA) is 73.1 Å². The summed E-state index contributed by atoms with van der Waals surface area (Å²) in [6.07, 6.45) is 2.12. The lowest BCUT2D eigenvalue weighted by Crippen LogP contribution is -2.16. The lowest BCUT2D eigenvalue weighted by atomic mass is 10.1. The third-order valence-electron chi connectivity index (χ3n) is 2.74. The van der Waals surface area contributed by atoms with Crippen LogP contribution in [-0.4, -0.2) is 13.4 Å². The van der Waals surface area contributed by atoms with Crippen LogP contribution in [0.2, 0.25) is 0 Å². The normalized spacial score (nSPS) is 11.5. The van der Waals surface area contributed by atoms with Crippen molar-refractivity contribution in [3.63, 3.8) is 0 Å². The highest BCUT2D eigenvalue weighted by Gasteiger charge is 2.15. The fourth-order valence-electron chi connectivity index (χ4n) is 1.84. The van der Waals surface area contributed by atoms with E-state index in [-0.39, 0.29) is 10.8 Å². The van der Waals surface area contributed by atoms with Crippen LogP contribution in [0.4, 0.5) is 4.39 Å². The molecule has 6 heteroatoms. The molecular formula is C13H13FN2O2S. The number of aryl methyl sites for hydroxylation is 2. The van der Waals surface area contributed by atoms with Crippen LogP contribution < -0.4 is 5.14 Å².